The van der Waals surface area contributed by atoms with Gasteiger partial charge in [-0.1, -0.05) is 23.4 Å². The fourth-order valence-corrected chi connectivity index (χ4v) is 3.47. The summed E-state index contributed by atoms with van der Waals surface area (Å²) < 4.78 is 1.60. The van der Waals surface area contributed by atoms with Gasteiger partial charge in [-0.25, -0.2) is 9.53 Å². The fraction of sp³-hybridized carbons (Fsp3) is 0.192. The summed E-state index contributed by atoms with van der Waals surface area (Å²) in [5.74, 6) is -0.0616. The van der Waals surface area contributed by atoms with Crippen LogP contribution in [-0.4, -0.2) is 30.7 Å². The first-order valence-electron chi connectivity index (χ1n) is 10.6. The van der Waals surface area contributed by atoms with Crippen LogP contribution in [0.4, 0.5) is 5.69 Å². The van der Waals surface area contributed by atoms with Crippen molar-refractivity contribution in [2.75, 3.05) is 0 Å². The van der Waals surface area contributed by atoms with Crippen molar-refractivity contribution in [1.29, 1.82) is 5.26 Å². The van der Waals surface area contributed by atoms with Gasteiger partial charge >= 0.3 is 0 Å². The van der Waals surface area contributed by atoms with E-state index >= 15 is 0 Å². The number of benzene rings is 1. The Labute approximate surface area is 197 Å². The Morgan fingerprint density at radius 1 is 1.21 bits per heavy atom. The molecule has 0 unspecified atom stereocenters. The van der Waals surface area contributed by atoms with Gasteiger partial charge < -0.3 is 0 Å². The first-order valence-corrected chi connectivity index (χ1v) is 10.6. The summed E-state index contributed by atoms with van der Waals surface area (Å²) in [6.07, 6.45) is 6.71. The number of carbonyl (C=O) groups excluding carboxylic acids is 1. The minimum Gasteiger partial charge on any atom is -0.294 e. The van der Waals surface area contributed by atoms with E-state index in [2.05, 4.69) is 31.2 Å². The lowest BCUT2D eigenvalue weighted by Gasteiger charge is -2.16. The maximum atomic E-state index is 13.0. The summed E-state index contributed by atoms with van der Waals surface area (Å²) >= 11 is 0. The fourth-order valence-electron chi connectivity index (χ4n) is 3.47. The van der Waals surface area contributed by atoms with Gasteiger partial charge in [-0.3, -0.25) is 14.8 Å². The number of nitriles is 1. The number of ketones is 1. The zero-order chi connectivity index (χ0) is 24.3. The quantitative estimate of drug-likeness (QED) is 0.310. The van der Waals surface area contributed by atoms with Crippen molar-refractivity contribution < 1.29 is 4.79 Å². The van der Waals surface area contributed by atoms with Crippen molar-refractivity contribution in [2.45, 2.75) is 32.6 Å². The third-order valence-corrected chi connectivity index (χ3v) is 5.56. The molecule has 0 aliphatic heterocycles. The highest BCUT2D eigenvalue weighted by molar-refractivity contribution is 5.97. The molecule has 0 aliphatic carbocycles. The van der Waals surface area contributed by atoms with Crippen molar-refractivity contribution in [2.24, 2.45) is 0 Å². The molecule has 0 aliphatic rings. The molecule has 0 N–H and O–H groups in total. The Morgan fingerprint density at radius 3 is 2.79 bits per heavy atom. The Morgan fingerprint density at radius 2 is 2.03 bits per heavy atom. The molecule has 3 aromatic heterocycles. The predicted octanol–water partition coefficient (Wildman–Crippen LogP) is 4.81. The number of aromatic nitrogens is 5. The molecule has 0 bridgehead atoms. The van der Waals surface area contributed by atoms with Gasteiger partial charge in [0, 0.05) is 36.1 Å². The van der Waals surface area contributed by atoms with Gasteiger partial charge in [0.2, 0.25) is 5.69 Å². The molecule has 0 atom stereocenters. The zero-order valence-corrected chi connectivity index (χ0v) is 19.0. The average molecular weight is 448 g/mol. The summed E-state index contributed by atoms with van der Waals surface area (Å²) in [5.41, 5.74) is 4.55. The number of hydrogen-bond acceptors (Lipinski definition) is 6. The molecule has 0 radical (unpaired) electrons. The van der Waals surface area contributed by atoms with E-state index in [-0.39, 0.29) is 12.2 Å². The number of pyridine rings is 2. The van der Waals surface area contributed by atoms with E-state index < -0.39 is 5.41 Å². The maximum Gasteiger partial charge on any atom is 0.205 e. The number of carbonyl (C=O) groups is 1. The lowest BCUT2D eigenvalue weighted by atomic mass is 9.85. The lowest BCUT2D eigenvalue weighted by Crippen LogP contribution is -2.15. The Kier molecular flexibility index (Phi) is 5.99. The van der Waals surface area contributed by atoms with Crippen molar-refractivity contribution in [3.63, 3.8) is 0 Å². The van der Waals surface area contributed by atoms with Crippen LogP contribution in [0, 0.1) is 24.8 Å². The summed E-state index contributed by atoms with van der Waals surface area (Å²) in [7, 11) is 0. The van der Waals surface area contributed by atoms with Crippen LogP contribution in [-0.2, 0) is 11.8 Å². The maximum absolute atomic E-state index is 13.0. The van der Waals surface area contributed by atoms with Crippen LogP contribution in [0.3, 0.4) is 0 Å². The Hall–Kier alpha value is -4.69. The largest absolute Gasteiger partial charge is 0.294 e. The topological polar surface area (TPSA) is 102 Å². The highest BCUT2D eigenvalue weighted by Gasteiger charge is 2.21. The van der Waals surface area contributed by atoms with Gasteiger partial charge in [-0.2, -0.15) is 5.26 Å². The third-order valence-electron chi connectivity index (χ3n) is 5.56. The average Bonchev–Trinajstić information content (AvgIpc) is 3.35. The Bertz CT molecular complexity index is 1470. The third kappa shape index (κ3) is 4.57. The SMILES string of the molecule is [C-]#[N+]c1cncc(-c2cn(-c3cc(CC(=O)c4cccc(C(C)(C)C#N)c4)cnc3C)nn2)c1. The highest BCUT2D eigenvalue weighted by Crippen LogP contribution is 2.25. The van der Waals surface area contributed by atoms with Crippen LogP contribution in [0.1, 0.15) is 41.0 Å². The molecule has 34 heavy (non-hydrogen) atoms. The van der Waals surface area contributed by atoms with Crippen LogP contribution in [0.25, 0.3) is 21.8 Å². The van der Waals surface area contributed by atoms with Gasteiger partial charge in [-0.05, 0) is 50.1 Å². The number of nitrogens with zero attached hydrogens (tertiary/aromatic N) is 7. The van der Waals surface area contributed by atoms with Crippen molar-refractivity contribution in [3.8, 4) is 23.0 Å². The van der Waals surface area contributed by atoms with Crippen molar-refractivity contribution >= 4 is 11.5 Å². The summed E-state index contributed by atoms with van der Waals surface area (Å²) in [4.78, 5) is 24.9. The van der Waals surface area contributed by atoms with E-state index in [1.807, 2.05) is 32.9 Å². The summed E-state index contributed by atoms with van der Waals surface area (Å²) in [5, 5.41) is 17.8. The first-order chi connectivity index (χ1) is 16.3. The molecular formula is C26H21N7O. The van der Waals surface area contributed by atoms with Crippen LogP contribution >= 0.6 is 0 Å². The van der Waals surface area contributed by atoms with Gasteiger partial charge in [0.1, 0.15) is 5.69 Å². The van der Waals surface area contributed by atoms with Gasteiger partial charge in [-0.15, -0.1) is 5.10 Å². The van der Waals surface area contributed by atoms with Gasteiger partial charge in [0.05, 0.1) is 35.6 Å². The second-order valence-electron chi connectivity index (χ2n) is 8.46. The molecule has 0 saturated carbocycles. The van der Waals surface area contributed by atoms with E-state index in [0.29, 0.717) is 28.2 Å². The van der Waals surface area contributed by atoms with E-state index in [0.717, 1.165) is 16.8 Å². The standard InChI is InChI=1S/C26H21N7O/c1-17-24(33-15-23(31-32-33)20-11-22(28-4)14-29-13-20)8-18(12-30-17)9-25(34)19-6-5-7-21(10-19)26(2,3)16-27/h5-8,10-15H,9H2,1-3H3. The molecule has 166 valence electrons. The molecule has 4 rings (SSSR count). The second kappa shape index (κ2) is 9.05. The molecule has 8 heteroatoms. The van der Waals surface area contributed by atoms with Crippen LogP contribution < -0.4 is 0 Å². The molecule has 0 fully saturated rings. The molecule has 0 saturated heterocycles. The molecule has 1 aromatic carbocycles. The molecular weight excluding hydrogens is 426 g/mol. The number of rotatable bonds is 6. The van der Waals surface area contributed by atoms with Crippen molar-refractivity contribution in [3.05, 3.63) is 95.0 Å². The van der Waals surface area contributed by atoms with Crippen LogP contribution in [0.2, 0.25) is 0 Å². The van der Waals surface area contributed by atoms with E-state index in [4.69, 9.17) is 6.57 Å². The van der Waals surface area contributed by atoms with E-state index in [9.17, 15) is 10.1 Å². The molecule has 3 heterocycles. The highest BCUT2D eigenvalue weighted by atomic mass is 16.1. The first kappa shape index (κ1) is 22.5. The monoisotopic (exact) mass is 447 g/mol. The molecule has 8 nitrogen and oxygen atoms in total. The van der Waals surface area contributed by atoms with Gasteiger partial charge in [0.15, 0.2) is 5.78 Å². The predicted molar refractivity (Wildman–Crippen MR) is 126 cm³/mol. The normalized spacial score (nSPS) is 11.0. The minimum atomic E-state index is -0.677. The summed E-state index contributed by atoms with van der Waals surface area (Å²) in [6, 6.07) is 13.0. The lowest BCUT2D eigenvalue weighted by molar-refractivity contribution is 0.0992. The zero-order valence-electron chi connectivity index (χ0n) is 19.0. The van der Waals surface area contributed by atoms with Crippen LogP contribution in [0.15, 0.2) is 61.2 Å². The second-order valence-corrected chi connectivity index (χ2v) is 8.46. The Balaban J connectivity index is 1.60. The van der Waals surface area contributed by atoms with Crippen molar-refractivity contribution in [1.82, 2.24) is 25.0 Å². The molecule has 4 aromatic rings. The number of hydrogen-bond donors (Lipinski definition) is 0. The number of aryl methyl sites for hydroxylation is 1. The van der Waals surface area contributed by atoms with Gasteiger partial charge in [0.25, 0.3) is 0 Å². The minimum absolute atomic E-state index is 0.0616. The van der Waals surface area contributed by atoms with E-state index in [1.165, 1.54) is 6.20 Å². The molecule has 0 spiro atoms. The van der Waals surface area contributed by atoms with E-state index in [1.54, 1.807) is 47.5 Å². The smallest absolute Gasteiger partial charge is 0.205 e. The van der Waals surface area contributed by atoms with Crippen LogP contribution in [0.5, 0.6) is 0 Å². The summed E-state index contributed by atoms with van der Waals surface area (Å²) in [6.45, 7) is 12.7. The number of Topliss-reactive ketones (excluding diaryl/α,β-unsaturated/α-hetero) is 1. The molecule has 0 amide bonds.